The first-order valence-electron chi connectivity index (χ1n) is 10.5. The Balaban J connectivity index is 1.40. The fourth-order valence-electron chi connectivity index (χ4n) is 3.60. The number of fused-ring (bicyclic) bond motifs is 1. The van der Waals surface area contributed by atoms with Crippen LogP contribution in [0.25, 0.3) is 0 Å². The molecule has 0 amide bonds. The summed E-state index contributed by atoms with van der Waals surface area (Å²) in [7, 11) is -3.84. The third-order valence-corrected chi connectivity index (χ3v) is 6.76. The number of aromatic nitrogens is 1. The van der Waals surface area contributed by atoms with E-state index >= 15 is 0 Å². The van der Waals surface area contributed by atoms with E-state index in [1.54, 1.807) is 18.2 Å². The van der Waals surface area contributed by atoms with Gasteiger partial charge in [-0.3, -0.25) is 4.79 Å². The Morgan fingerprint density at radius 3 is 2.63 bits per heavy atom. The van der Waals surface area contributed by atoms with Crippen molar-refractivity contribution in [3.63, 3.8) is 0 Å². The molecule has 8 heteroatoms. The predicted octanol–water partition coefficient (Wildman–Crippen LogP) is 3.36. The van der Waals surface area contributed by atoms with Gasteiger partial charge in [-0.05, 0) is 55.9 Å². The summed E-state index contributed by atoms with van der Waals surface area (Å²) in [6, 6.07) is 10.9. The molecule has 2 aromatic rings. The molecule has 162 valence electrons. The summed E-state index contributed by atoms with van der Waals surface area (Å²) in [5.74, 6) is -0.144. The van der Waals surface area contributed by atoms with Crippen LogP contribution in [-0.2, 0) is 27.7 Å². The van der Waals surface area contributed by atoms with E-state index in [0.29, 0.717) is 6.42 Å². The van der Waals surface area contributed by atoms with Gasteiger partial charge in [-0.25, -0.2) is 13.4 Å². The van der Waals surface area contributed by atoms with Crippen molar-refractivity contribution in [1.29, 1.82) is 0 Å². The maximum Gasteiger partial charge on any atom is 0.321 e. The Morgan fingerprint density at radius 1 is 1.10 bits per heavy atom. The lowest BCUT2D eigenvalue weighted by Crippen LogP contribution is -2.40. The molecule has 1 atom stereocenters. The van der Waals surface area contributed by atoms with Crippen molar-refractivity contribution in [2.24, 2.45) is 0 Å². The number of pyridine rings is 1. The number of unbranched alkanes of at least 4 members (excludes halogenated alkanes) is 3. The summed E-state index contributed by atoms with van der Waals surface area (Å²) in [5.41, 5.74) is 2.35. The summed E-state index contributed by atoms with van der Waals surface area (Å²) >= 11 is 0. The molecule has 0 radical (unpaired) electrons. The van der Waals surface area contributed by atoms with Crippen LogP contribution in [0.15, 0.2) is 47.4 Å². The molecule has 0 saturated heterocycles. The van der Waals surface area contributed by atoms with Gasteiger partial charge in [0.05, 0.1) is 4.90 Å². The highest BCUT2D eigenvalue weighted by Crippen LogP contribution is 2.20. The van der Waals surface area contributed by atoms with Crippen LogP contribution in [0.4, 0.5) is 5.82 Å². The zero-order chi connectivity index (χ0) is 21.4. The van der Waals surface area contributed by atoms with Gasteiger partial charge in [0.15, 0.2) is 0 Å². The molecule has 1 unspecified atom stereocenters. The number of hydrogen-bond acceptors (Lipinski definition) is 5. The van der Waals surface area contributed by atoms with Gasteiger partial charge < -0.3 is 10.4 Å². The number of anilines is 1. The topological polar surface area (TPSA) is 108 Å². The predicted molar refractivity (Wildman–Crippen MR) is 116 cm³/mol. The molecule has 0 spiro atoms. The Kier molecular flexibility index (Phi) is 7.81. The first-order chi connectivity index (χ1) is 14.5. The summed E-state index contributed by atoms with van der Waals surface area (Å²) < 4.78 is 27.0. The fraction of sp³-hybridized carbons (Fsp3) is 0.455. The average Bonchev–Trinajstić information content (AvgIpc) is 2.75. The van der Waals surface area contributed by atoms with Crippen molar-refractivity contribution >= 4 is 21.8 Å². The molecule has 3 N–H and O–H groups in total. The number of aryl methyl sites for hydroxylation is 2. The van der Waals surface area contributed by atoms with Crippen LogP contribution in [0.2, 0.25) is 0 Å². The van der Waals surface area contributed by atoms with Crippen molar-refractivity contribution in [3.05, 3.63) is 53.7 Å². The number of benzene rings is 1. The van der Waals surface area contributed by atoms with E-state index in [2.05, 4.69) is 27.2 Å². The van der Waals surface area contributed by atoms with Gasteiger partial charge in [0.25, 0.3) is 0 Å². The number of carbonyl (C=O) groups is 1. The molecule has 1 aromatic heterocycles. The third kappa shape index (κ3) is 6.27. The van der Waals surface area contributed by atoms with E-state index < -0.39 is 22.0 Å². The molecule has 3 rings (SSSR count). The molecule has 7 nitrogen and oxygen atoms in total. The van der Waals surface area contributed by atoms with Crippen molar-refractivity contribution in [1.82, 2.24) is 9.71 Å². The van der Waals surface area contributed by atoms with Gasteiger partial charge in [-0.1, -0.05) is 43.5 Å². The van der Waals surface area contributed by atoms with E-state index in [0.717, 1.165) is 56.6 Å². The Labute approximate surface area is 178 Å². The maximum atomic E-state index is 12.4. The summed E-state index contributed by atoms with van der Waals surface area (Å²) in [4.78, 5) is 16.2. The SMILES string of the molecule is O=C(O)C(CCCCCCc1ccc2c(n1)NCCC2)NS(=O)(=O)c1ccccc1. The second-order valence-electron chi connectivity index (χ2n) is 7.62. The Bertz CT molecular complexity index is 948. The van der Waals surface area contributed by atoms with Crippen LogP contribution < -0.4 is 10.0 Å². The van der Waals surface area contributed by atoms with Crippen molar-refractivity contribution < 1.29 is 18.3 Å². The van der Waals surface area contributed by atoms with Gasteiger partial charge in [-0.2, -0.15) is 4.72 Å². The summed E-state index contributed by atoms with van der Waals surface area (Å²) in [5, 5.41) is 12.7. The minimum Gasteiger partial charge on any atom is -0.480 e. The second-order valence-corrected chi connectivity index (χ2v) is 9.33. The highest BCUT2D eigenvalue weighted by Gasteiger charge is 2.24. The molecule has 0 saturated carbocycles. The first-order valence-corrected chi connectivity index (χ1v) is 12.0. The van der Waals surface area contributed by atoms with Crippen molar-refractivity contribution in [2.75, 3.05) is 11.9 Å². The normalized spacial score (nSPS) is 14.5. The van der Waals surface area contributed by atoms with Crippen molar-refractivity contribution in [3.8, 4) is 0 Å². The number of nitrogens with zero attached hydrogens (tertiary/aromatic N) is 1. The molecule has 0 bridgehead atoms. The quantitative estimate of drug-likeness (QED) is 0.471. The molecule has 1 aromatic carbocycles. The lowest BCUT2D eigenvalue weighted by Gasteiger charge is -2.17. The third-order valence-electron chi connectivity index (χ3n) is 5.28. The monoisotopic (exact) mass is 431 g/mol. The molecule has 1 aliphatic heterocycles. The number of rotatable bonds is 11. The Hall–Kier alpha value is -2.45. The second kappa shape index (κ2) is 10.5. The fourth-order valence-corrected chi connectivity index (χ4v) is 4.85. The largest absolute Gasteiger partial charge is 0.480 e. The molecule has 1 aliphatic rings. The van der Waals surface area contributed by atoms with Crippen LogP contribution in [-0.4, -0.2) is 37.1 Å². The molecule has 0 aliphatic carbocycles. The highest BCUT2D eigenvalue weighted by atomic mass is 32.2. The summed E-state index contributed by atoms with van der Waals surface area (Å²) in [6.45, 7) is 0.974. The van der Waals surface area contributed by atoms with Gasteiger partial charge in [0, 0.05) is 12.2 Å². The molecule has 0 fully saturated rings. The van der Waals surface area contributed by atoms with E-state index in [4.69, 9.17) is 0 Å². The maximum absolute atomic E-state index is 12.4. The van der Waals surface area contributed by atoms with Crippen LogP contribution in [0, 0.1) is 0 Å². The van der Waals surface area contributed by atoms with E-state index in [1.807, 2.05) is 0 Å². The smallest absolute Gasteiger partial charge is 0.321 e. The van der Waals surface area contributed by atoms with Gasteiger partial charge in [0.1, 0.15) is 11.9 Å². The number of hydrogen-bond donors (Lipinski definition) is 3. The highest BCUT2D eigenvalue weighted by molar-refractivity contribution is 7.89. The minimum absolute atomic E-state index is 0.0725. The van der Waals surface area contributed by atoms with E-state index in [9.17, 15) is 18.3 Å². The first kappa shape index (κ1) is 22.2. The zero-order valence-corrected chi connectivity index (χ0v) is 17.8. The van der Waals surface area contributed by atoms with E-state index in [-0.39, 0.29) is 11.3 Å². The van der Waals surface area contributed by atoms with Crippen LogP contribution in [0.5, 0.6) is 0 Å². The van der Waals surface area contributed by atoms with Crippen LogP contribution in [0.1, 0.15) is 49.8 Å². The Morgan fingerprint density at radius 2 is 1.87 bits per heavy atom. The number of nitrogens with one attached hydrogen (secondary N) is 2. The van der Waals surface area contributed by atoms with Crippen LogP contribution >= 0.6 is 0 Å². The minimum atomic E-state index is -3.84. The van der Waals surface area contributed by atoms with Gasteiger partial charge >= 0.3 is 5.97 Å². The average molecular weight is 432 g/mol. The van der Waals surface area contributed by atoms with Gasteiger partial charge in [0.2, 0.25) is 10.0 Å². The van der Waals surface area contributed by atoms with Crippen molar-refractivity contribution in [2.45, 2.75) is 62.3 Å². The van der Waals surface area contributed by atoms with E-state index in [1.165, 1.54) is 17.7 Å². The molecule has 2 heterocycles. The standard InChI is InChI=1S/C22H29N3O4S/c26-22(27)20(25-30(28,29)19-11-5-3-6-12-19)13-7-2-1-4-10-18-15-14-17-9-8-16-23-21(17)24-18/h3,5-6,11-12,14-15,20,25H,1-2,4,7-10,13,16H2,(H,23,24)(H,26,27). The summed E-state index contributed by atoms with van der Waals surface area (Å²) in [6.07, 6.45) is 6.79. The number of sulfonamides is 1. The molecule has 30 heavy (non-hydrogen) atoms. The van der Waals surface area contributed by atoms with Gasteiger partial charge in [-0.15, -0.1) is 0 Å². The number of carboxylic acids is 1. The number of aliphatic carboxylic acids is 1. The molecular formula is C22H29N3O4S. The number of carboxylic acid groups (broad SMARTS) is 1. The lowest BCUT2D eigenvalue weighted by molar-refractivity contribution is -0.139. The lowest BCUT2D eigenvalue weighted by atomic mass is 10.0. The molecular weight excluding hydrogens is 402 g/mol. The van der Waals surface area contributed by atoms with Crippen LogP contribution in [0.3, 0.4) is 0 Å². The zero-order valence-electron chi connectivity index (χ0n) is 17.0.